The van der Waals surface area contributed by atoms with E-state index in [9.17, 15) is 4.79 Å². The van der Waals surface area contributed by atoms with E-state index in [1.54, 1.807) is 6.20 Å². The van der Waals surface area contributed by atoms with Crippen molar-refractivity contribution in [3.8, 4) is 5.75 Å². The largest absolute Gasteiger partial charge is 0.493 e. The van der Waals surface area contributed by atoms with Crippen LogP contribution in [0.3, 0.4) is 0 Å². The summed E-state index contributed by atoms with van der Waals surface area (Å²) in [4.78, 5) is 19.5. The highest BCUT2D eigenvalue weighted by Gasteiger charge is 2.13. The molecule has 2 heterocycles. The Kier molecular flexibility index (Phi) is 8.09. The number of hydrogen-bond donors (Lipinski definition) is 1. The Labute approximate surface area is 196 Å². The van der Waals surface area contributed by atoms with Crippen LogP contribution in [0.5, 0.6) is 5.75 Å². The third-order valence-electron chi connectivity index (χ3n) is 6.00. The first-order valence-corrected chi connectivity index (χ1v) is 11.9. The van der Waals surface area contributed by atoms with Crippen LogP contribution in [0, 0.1) is 0 Å². The van der Waals surface area contributed by atoms with Crippen LogP contribution in [0.25, 0.3) is 0 Å². The number of carbonyl (C=O) groups is 1. The number of nitrogens with one attached hydrogen (secondary N) is 1. The maximum atomic E-state index is 12.8. The maximum Gasteiger partial charge on any atom is 0.251 e. The highest BCUT2D eigenvalue weighted by atomic mass is 16.5. The van der Waals surface area contributed by atoms with Crippen molar-refractivity contribution in [3.63, 3.8) is 0 Å². The zero-order valence-corrected chi connectivity index (χ0v) is 19.4. The maximum absolute atomic E-state index is 12.8. The van der Waals surface area contributed by atoms with Gasteiger partial charge in [-0.3, -0.25) is 9.78 Å². The normalized spacial score (nSPS) is 15.1. The third-order valence-corrected chi connectivity index (χ3v) is 6.00. The predicted molar refractivity (Wildman–Crippen MR) is 132 cm³/mol. The number of ether oxygens (including phenoxy) is 1. The van der Waals surface area contributed by atoms with Crippen LogP contribution < -0.4 is 10.1 Å². The van der Waals surface area contributed by atoms with Crippen molar-refractivity contribution in [3.05, 3.63) is 94.8 Å². The van der Waals surface area contributed by atoms with E-state index in [-0.39, 0.29) is 5.91 Å². The van der Waals surface area contributed by atoms with Gasteiger partial charge in [0.25, 0.3) is 5.91 Å². The van der Waals surface area contributed by atoms with Crippen molar-refractivity contribution in [2.75, 3.05) is 26.7 Å². The summed E-state index contributed by atoms with van der Waals surface area (Å²) in [7, 11) is 2.18. The number of nitrogens with zero attached hydrogens (tertiary/aromatic N) is 2. The zero-order chi connectivity index (χ0) is 22.9. The molecule has 33 heavy (non-hydrogen) atoms. The molecule has 1 aromatic heterocycles. The van der Waals surface area contributed by atoms with Gasteiger partial charge in [-0.2, -0.15) is 0 Å². The molecule has 5 heteroatoms. The van der Waals surface area contributed by atoms with E-state index < -0.39 is 0 Å². The van der Waals surface area contributed by atoms with Crippen molar-refractivity contribution < 1.29 is 9.53 Å². The molecule has 1 aliphatic heterocycles. The molecule has 1 amide bonds. The second-order valence-corrected chi connectivity index (χ2v) is 8.79. The Bertz CT molecular complexity index is 1050. The summed E-state index contributed by atoms with van der Waals surface area (Å²) in [5.41, 5.74) is 5.24. The van der Waals surface area contributed by atoms with Crippen molar-refractivity contribution >= 4 is 5.91 Å². The van der Waals surface area contributed by atoms with Gasteiger partial charge in [0.15, 0.2) is 0 Å². The molecule has 3 aromatic rings. The van der Waals surface area contributed by atoms with Crippen LogP contribution in [-0.4, -0.2) is 42.5 Å². The minimum atomic E-state index is -0.0662. The van der Waals surface area contributed by atoms with Gasteiger partial charge < -0.3 is 15.0 Å². The highest BCUT2D eigenvalue weighted by Crippen LogP contribution is 2.25. The van der Waals surface area contributed by atoms with Crippen molar-refractivity contribution in [1.82, 2.24) is 15.2 Å². The van der Waals surface area contributed by atoms with E-state index in [0.29, 0.717) is 25.1 Å². The second-order valence-electron chi connectivity index (χ2n) is 8.79. The number of amides is 1. The van der Waals surface area contributed by atoms with Gasteiger partial charge in [0.05, 0.1) is 6.61 Å². The highest BCUT2D eigenvalue weighted by molar-refractivity contribution is 5.94. The summed E-state index contributed by atoms with van der Waals surface area (Å²) in [6.45, 7) is 3.31. The Morgan fingerprint density at radius 1 is 1.03 bits per heavy atom. The van der Waals surface area contributed by atoms with Crippen LogP contribution in [0.4, 0.5) is 0 Å². The Hall–Kier alpha value is -3.18. The summed E-state index contributed by atoms with van der Waals surface area (Å²) in [6.07, 6.45) is 6.58. The molecule has 5 nitrogen and oxygen atoms in total. The molecule has 2 bridgehead atoms. The molecule has 0 spiro atoms. The molecule has 0 aliphatic carbocycles. The first-order chi connectivity index (χ1) is 16.2. The van der Waals surface area contributed by atoms with Gasteiger partial charge in [0.2, 0.25) is 0 Å². The van der Waals surface area contributed by atoms with Gasteiger partial charge in [-0.1, -0.05) is 30.3 Å². The van der Waals surface area contributed by atoms with E-state index in [1.807, 2.05) is 36.4 Å². The van der Waals surface area contributed by atoms with E-state index in [4.69, 9.17) is 4.74 Å². The van der Waals surface area contributed by atoms with Gasteiger partial charge in [0, 0.05) is 43.4 Å². The quantitative estimate of drug-likeness (QED) is 0.638. The number of aromatic nitrogens is 1. The molecule has 2 aromatic carbocycles. The van der Waals surface area contributed by atoms with Crippen molar-refractivity contribution in [1.29, 1.82) is 0 Å². The number of benzene rings is 2. The number of hydrogen-bond acceptors (Lipinski definition) is 4. The van der Waals surface area contributed by atoms with Crippen LogP contribution in [0.2, 0.25) is 0 Å². The van der Waals surface area contributed by atoms with Crippen molar-refractivity contribution in [2.45, 2.75) is 38.6 Å². The van der Waals surface area contributed by atoms with E-state index in [2.05, 4.69) is 46.5 Å². The fourth-order valence-corrected chi connectivity index (χ4v) is 4.24. The lowest BCUT2D eigenvalue weighted by Crippen LogP contribution is -2.26. The van der Waals surface area contributed by atoms with Gasteiger partial charge >= 0.3 is 0 Å². The third kappa shape index (κ3) is 6.90. The first kappa shape index (κ1) is 23.0. The van der Waals surface area contributed by atoms with E-state index in [1.165, 1.54) is 17.5 Å². The number of pyridine rings is 1. The average molecular weight is 444 g/mol. The number of fused-ring (bicyclic) bond motifs is 3. The van der Waals surface area contributed by atoms with Gasteiger partial charge in [0.1, 0.15) is 5.75 Å². The summed E-state index contributed by atoms with van der Waals surface area (Å²) in [5, 5.41) is 3.02. The van der Waals surface area contributed by atoms with Gasteiger partial charge in [-0.25, -0.2) is 0 Å². The molecular weight excluding hydrogens is 410 g/mol. The SMILES string of the molecule is CN1CCCCCOc2ccc(C(=O)NCCc3ccccn3)cc2Cc2cccc(c2)C1. The summed E-state index contributed by atoms with van der Waals surface area (Å²) >= 11 is 0. The molecule has 0 saturated carbocycles. The van der Waals surface area contributed by atoms with Crippen LogP contribution in [0.1, 0.15) is 52.0 Å². The van der Waals surface area contributed by atoms with Gasteiger partial charge in [-0.05, 0) is 79.9 Å². The lowest BCUT2D eigenvalue weighted by atomic mass is 9.99. The predicted octanol–water partition coefficient (Wildman–Crippen LogP) is 4.64. The Morgan fingerprint density at radius 2 is 1.94 bits per heavy atom. The lowest BCUT2D eigenvalue weighted by Gasteiger charge is -2.19. The Morgan fingerprint density at radius 3 is 2.82 bits per heavy atom. The summed E-state index contributed by atoms with van der Waals surface area (Å²) in [5.74, 6) is 0.808. The van der Waals surface area contributed by atoms with E-state index in [0.717, 1.165) is 49.4 Å². The molecule has 0 unspecified atom stereocenters. The topological polar surface area (TPSA) is 54.5 Å². The standard InChI is InChI=1S/C28H33N3O2/c1-31-16-5-2-6-17-33-27-12-11-24(28(32)30-15-13-26-10-3-4-14-29-26)20-25(27)19-22-8-7-9-23(18-22)21-31/h3-4,7-12,14,18,20H,2,5-6,13,15-17,19,21H2,1H3,(H,30,32). The number of carbonyl (C=O) groups excluding carboxylic acids is 1. The Balaban J connectivity index is 1.50. The molecule has 4 rings (SSSR count). The first-order valence-electron chi connectivity index (χ1n) is 11.9. The molecule has 0 saturated heterocycles. The minimum Gasteiger partial charge on any atom is -0.493 e. The van der Waals surface area contributed by atoms with Crippen molar-refractivity contribution in [2.24, 2.45) is 0 Å². The van der Waals surface area contributed by atoms with Gasteiger partial charge in [-0.15, -0.1) is 0 Å². The molecule has 0 fully saturated rings. The molecule has 1 N–H and O–H groups in total. The monoisotopic (exact) mass is 443 g/mol. The minimum absolute atomic E-state index is 0.0662. The average Bonchev–Trinajstić information content (AvgIpc) is 2.82. The van der Waals surface area contributed by atoms with Crippen LogP contribution in [0.15, 0.2) is 66.9 Å². The fraction of sp³-hybridized carbons (Fsp3) is 0.357. The lowest BCUT2D eigenvalue weighted by molar-refractivity contribution is 0.0954. The number of rotatable bonds is 4. The second kappa shape index (κ2) is 11.6. The van der Waals surface area contributed by atoms with Crippen LogP contribution in [-0.2, 0) is 19.4 Å². The smallest absolute Gasteiger partial charge is 0.251 e. The molecule has 1 aliphatic rings. The van der Waals surface area contributed by atoms with E-state index >= 15 is 0 Å². The fourth-order valence-electron chi connectivity index (χ4n) is 4.24. The molecule has 172 valence electrons. The van der Waals surface area contributed by atoms with Crippen LogP contribution >= 0.6 is 0 Å². The zero-order valence-electron chi connectivity index (χ0n) is 19.4. The summed E-state index contributed by atoms with van der Waals surface area (Å²) < 4.78 is 6.15. The molecular formula is C28H33N3O2. The summed E-state index contributed by atoms with van der Waals surface area (Å²) in [6, 6.07) is 20.4. The molecule has 0 atom stereocenters. The molecule has 0 radical (unpaired) electrons.